The number of benzene rings is 1. The van der Waals surface area contributed by atoms with Crippen LogP contribution in [-0.2, 0) is 0 Å². The maximum Gasteiger partial charge on any atom is 0.272 e. The highest BCUT2D eigenvalue weighted by Crippen LogP contribution is 2.25. The molecule has 0 unspecified atom stereocenters. The van der Waals surface area contributed by atoms with E-state index >= 15 is 0 Å². The second-order valence-electron chi connectivity index (χ2n) is 5.95. The lowest BCUT2D eigenvalue weighted by Gasteiger charge is -2.30. The van der Waals surface area contributed by atoms with Crippen LogP contribution in [0.15, 0.2) is 36.5 Å². The van der Waals surface area contributed by atoms with Crippen molar-refractivity contribution in [3.8, 4) is 0 Å². The van der Waals surface area contributed by atoms with Crippen LogP contribution in [0.5, 0.6) is 0 Å². The minimum Gasteiger partial charge on any atom is -0.381 e. The van der Waals surface area contributed by atoms with Crippen LogP contribution in [0.3, 0.4) is 0 Å². The molecule has 1 aliphatic rings. The van der Waals surface area contributed by atoms with Crippen molar-refractivity contribution < 1.29 is 4.79 Å². The Labute approximate surface area is 141 Å². The molecule has 0 bridgehead atoms. The molecule has 1 aliphatic heterocycles. The fraction of sp³-hybridized carbons (Fsp3) is 0.353. The molecule has 23 heavy (non-hydrogen) atoms. The molecule has 5 nitrogen and oxygen atoms in total. The highest BCUT2D eigenvalue weighted by atomic mass is 35.5. The Morgan fingerprint density at radius 3 is 2.61 bits per heavy atom. The Morgan fingerprint density at radius 2 is 1.96 bits per heavy atom. The van der Waals surface area contributed by atoms with Crippen molar-refractivity contribution in [1.29, 1.82) is 0 Å². The van der Waals surface area contributed by atoms with Gasteiger partial charge in [-0.15, -0.1) is 0 Å². The average Bonchev–Trinajstić information content (AvgIpc) is 2.98. The molecule has 122 valence electrons. The van der Waals surface area contributed by atoms with Gasteiger partial charge in [-0.05, 0) is 51.2 Å². The number of amides is 1. The quantitative estimate of drug-likeness (QED) is 0.804. The summed E-state index contributed by atoms with van der Waals surface area (Å²) >= 11 is 5.85. The zero-order valence-corrected chi connectivity index (χ0v) is 13.9. The van der Waals surface area contributed by atoms with Crippen molar-refractivity contribution >= 4 is 28.9 Å². The van der Waals surface area contributed by atoms with E-state index in [1.807, 2.05) is 24.3 Å². The van der Waals surface area contributed by atoms with Crippen LogP contribution in [0, 0.1) is 0 Å². The van der Waals surface area contributed by atoms with Crippen molar-refractivity contribution in [3.05, 3.63) is 47.2 Å². The normalized spacial score (nSPS) is 16.3. The number of piperidine rings is 1. The van der Waals surface area contributed by atoms with E-state index in [0.29, 0.717) is 16.8 Å². The molecule has 3 N–H and O–H groups in total. The summed E-state index contributed by atoms with van der Waals surface area (Å²) in [5, 5.41) is 7.01. The van der Waals surface area contributed by atoms with E-state index in [2.05, 4.69) is 27.6 Å². The van der Waals surface area contributed by atoms with Gasteiger partial charge in [-0.1, -0.05) is 23.7 Å². The summed E-state index contributed by atoms with van der Waals surface area (Å²) in [5.41, 5.74) is 2.18. The maximum absolute atomic E-state index is 12.3. The topological polar surface area (TPSA) is 60.2 Å². The number of carbonyl (C=O) groups excluding carboxylic acids is 1. The number of carbonyl (C=O) groups is 1. The lowest BCUT2D eigenvalue weighted by atomic mass is 10.0. The summed E-state index contributed by atoms with van der Waals surface area (Å²) in [7, 11) is 2.14. The van der Waals surface area contributed by atoms with Crippen molar-refractivity contribution in [3.63, 3.8) is 0 Å². The summed E-state index contributed by atoms with van der Waals surface area (Å²) in [6.07, 6.45) is 3.80. The molecule has 1 fully saturated rings. The minimum absolute atomic E-state index is 0.200. The lowest BCUT2D eigenvalue weighted by molar-refractivity contribution is 0.102. The first-order chi connectivity index (χ1) is 11.1. The third-order valence-electron chi connectivity index (χ3n) is 4.15. The fourth-order valence-electron chi connectivity index (χ4n) is 2.78. The first-order valence-corrected chi connectivity index (χ1v) is 8.19. The number of likely N-dealkylation sites (tertiary alicyclic amines) is 1. The highest BCUT2D eigenvalue weighted by Gasteiger charge is 2.18. The molecule has 0 saturated carbocycles. The number of hydrogen-bond donors (Lipinski definition) is 3. The van der Waals surface area contributed by atoms with Crippen LogP contribution in [0.4, 0.5) is 11.4 Å². The van der Waals surface area contributed by atoms with Gasteiger partial charge in [0.2, 0.25) is 0 Å². The van der Waals surface area contributed by atoms with Crippen LogP contribution in [0.2, 0.25) is 5.02 Å². The van der Waals surface area contributed by atoms with E-state index in [1.165, 1.54) is 0 Å². The fourth-order valence-corrected chi connectivity index (χ4v) is 2.94. The summed E-state index contributed by atoms with van der Waals surface area (Å²) in [4.78, 5) is 17.5. The molecule has 1 aromatic heterocycles. The molecular formula is C17H21ClN4O. The Kier molecular flexibility index (Phi) is 4.88. The largest absolute Gasteiger partial charge is 0.381 e. The molecule has 0 spiro atoms. The van der Waals surface area contributed by atoms with Crippen molar-refractivity contribution in [2.24, 2.45) is 0 Å². The van der Waals surface area contributed by atoms with E-state index in [4.69, 9.17) is 11.6 Å². The van der Waals surface area contributed by atoms with Gasteiger partial charge in [0.05, 0.1) is 16.4 Å². The average molecular weight is 333 g/mol. The van der Waals surface area contributed by atoms with Gasteiger partial charge in [0.1, 0.15) is 5.69 Å². The van der Waals surface area contributed by atoms with E-state index in [-0.39, 0.29) is 5.91 Å². The third kappa shape index (κ3) is 4.06. The standard InChI is InChI=1S/C17H21ClN4O/c1-22-8-6-13(7-9-22)20-14-4-2-3-5-15(14)21-17(23)16-10-12(18)11-19-16/h2-5,10-11,13,19-20H,6-9H2,1H3,(H,21,23). The van der Waals surface area contributed by atoms with Gasteiger partial charge in [-0.2, -0.15) is 0 Å². The number of H-pyrrole nitrogens is 1. The van der Waals surface area contributed by atoms with Crippen molar-refractivity contribution in [1.82, 2.24) is 9.88 Å². The monoisotopic (exact) mass is 332 g/mol. The van der Waals surface area contributed by atoms with Crippen molar-refractivity contribution in [2.75, 3.05) is 30.8 Å². The first kappa shape index (κ1) is 15.9. The Morgan fingerprint density at radius 1 is 1.26 bits per heavy atom. The summed E-state index contributed by atoms with van der Waals surface area (Å²) < 4.78 is 0. The van der Waals surface area contributed by atoms with Crippen LogP contribution >= 0.6 is 11.6 Å². The van der Waals surface area contributed by atoms with E-state index in [0.717, 1.165) is 37.3 Å². The second kappa shape index (κ2) is 7.06. The molecule has 2 heterocycles. The van der Waals surface area contributed by atoms with Crippen LogP contribution < -0.4 is 10.6 Å². The molecule has 2 aromatic rings. The van der Waals surface area contributed by atoms with Gasteiger partial charge in [-0.25, -0.2) is 0 Å². The summed E-state index contributed by atoms with van der Waals surface area (Å²) in [5.74, 6) is -0.200. The highest BCUT2D eigenvalue weighted by molar-refractivity contribution is 6.31. The van der Waals surface area contributed by atoms with Crippen molar-refractivity contribution in [2.45, 2.75) is 18.9 Å². The number of para-hydroxylation sites is 2. The first-order valence-electron chi connectivity index (χ1n) is 7.81. The second-order valence-corrected chi connectivity index (χ2v) is 6.39. The summed E-state index contributed by atoms with van der Waals surface area (Å²) in [6.45, 7) is 2.18. The summed E-state index contributed by atoms with van der Waals surface area (Å²) in [6, 6.07) is 9.83. The van der Waals surface area contributed by atoms with Gasteiger partial charge in [0.25, 0.3) is 5.91 Å². The SMILES string of the molecule is CN1CCC(Nc2ccccc2NC(=O)c2cc(Cl)c[nH]2)CC1. The van der Waals surface area contributed by atoms with E-state index in [1.54, 1.807) is 12.3 Å². The number of halogens is 1. The molecule has 0 atom stereocenters. The minimum atomic E-state index is -0.200. The third-order valence-corrected chi connectivity index (χ3v) is 4.36. The van der Waals surface area contributed by atoms with E-state index < -0.39 is 0 Å². The molecule has 0 aliphatic carbocycles. The van der Waals surface area contributed by atoms with Crippen LogP contribution in [0.25, 0.3) is 0 Å². The number of rotatable bonds is 4. The van der Waals surface area contributed by atoms with Gasteiger partial charge in [0, 0.05) is 12.2 Å². The molecule has 6 heteroatoms. The number of nitrogens with zero attached hydrogens (tertiary/aromatic N) is 1. The maximum atomic E-state index is 12.3. The number of aromatic amines is 1. The zero-order valence-electron chi connectivity index (χ0n) is 13.1. The van der Waals surface area contributed by atoms with Crippen LogP contribution in [-0.4, -0.2) is 42.0 Å². The molecule has 1 amide bonds. The predicted molar refractivity (Wildman–Crippen MR) is 94.3 cm³/mol. The number of anilines is 2. The molecule has 3 rings (SSSR count). The number of hydrogen-bond acceptors (Lipinski definition) is 3. The lowest BCUT2D eigenvalue weighted by Crippen LogP contribution is -2.36. The Bertz CT molecular complexity index is 677. The number of aromatic nitrogens is 1. The van der Waals surface area contributed by atoms with E-state index in [9.17, 15) is 4.79 Å². The molecule has 1 saturated heterocycles. The van der Waals surface area contributed by atoms with Gasteiger partial charge < -0.3 is 20.5 Å². The predicted octanol–water partition coefficient (Wildman–Crippen LogP) is 3.43. The molecule has 1 aromatic carbocycles. The zero-order chi connectivity index (χ0) is 16.2. The Balaban J connectivity index is 1.69. The molecule has 0 radical (unpaired) electrons. The number of nitrogens with one attached hydrogen (secondary N) is 3. The Hall–Kier alpha value is -1.98. The smallest absolute Gasteiger partial charge is 0.272 e. The van der Waals surface area contributed by atoms with Gasteiger partial charge in [-0.3, -0.25) is 4.79 Å². The van der Waals surface area contributed by atoms with Gasteiger partial charge >= 0.3 is 0 Å². The molecular weight excluding hydrogens is 312 g/mol. The van der Waals surface area contributed by atoms with Gasteiger partial charge in [0.15, 0.2) is 0 Å². The van der Waals surface area contributed by atoms with Crippen LogP contribution in [0.1, 0.15) is 23.3 Å².